The van der Waals surface area contributed by atoms with E-state index >= 15 is 0 Å². The van der Waals surface area contributed by atoms with Gasteiger partial charge < -0.3 is 11.1 Å². The molecule has 0 aliphatic rings. The molecular weight excluding hydrogens is 356 g/mol. The third-order valence-electron chi connectivity index (χ3n) is 4.47. The Morgan fingerprint density at radius 2 is 1.57 bits per heavy atom. The van der Waals surface area contributed by atoms with Crippen molar-refractivity contribution >= 4 is 17.3 Å². The molecule has 1 aromatic heterocycles. The zero-order valence-corrected chi connectivity index (χ0v) is 15.6. The predicted octanol–water partition coefficient (Wildman–Crippen LogP) is 1.96. The number of hydrogen-bond acceptors (Lipinski definition) is 5. The van der Waals surface area contributed by atoms with Gasteiger partial charge in [0.2, 0.25) is 0 Å². The summed E-state index contributed by atoms with van der Waals surface area (Å²) in [6, 6.07) is 18.4. The van der Waals surface area contributed by atoms with E-state index in [0.29, 0.717) is 0 Å². The van der Waals surface area contributed by atoms with Gasteiger partial charge in [-0.3, -0.25) is 18.7 Å². The van der Waals surface area contributed by atoms with Crippen LogP contribution in [0.15, 0.2) is 70.3 Å². The van der Waals surface area contributed by atoms with Crippen LogP contribution in [0, 0.1) is 0 Å². The molecule has 3 rings (SSSR count). The number of rotatable bonds is 7. The number of nitrogens with two attached hydrogens (primary N) is 1. The number of ketones is 1. The Balaban J connectivity index is 2.00. The first-order valence-corrected chi connectivity index (χ1v) is 9.02. The van der Waals surface area contributed by atoms with E-state index in [1.165, 1.54) is 4.57 Å². The zero-order chi connectivity index (χ0) is 20.1. The predicted molar refractivity (Wildman–Crippen MR) is 110 cm³/mol. The average Bonchev–Trinajstić information content (AvgIpc) is 2.71. The van der Waals surface area contributed by atoms with Crippen molar-refractivity contribution < 1.29 is 4.79 Å². The lowest BCUT2D eigenvalue weighted by Gasteiger charge is -2.16. The number of hydrogen-bond donors (Lipinski definition) is 2. The van der Waals surface area contributed by atoms with Gasteiger partial charge in [-0.05, 0) is 24.6 Å². The van der Waals surface area contributed by atoms with E-state index in [2.05, 4.69) is 5.32 Å². The van der Waals surface area contributed by atoms with Crippen LogP contribution in [0.3, 0.4) is 0 Å². The van der Waals surface area contributed by atoms with Crippen molar-refractivity contribution in [3.05, 3.63) is 92.6 Å². The van der Waals surface area contributed by atoms with Gasteiger partial charge in [-0.25, -0.2) is 4.79 Å². The lowest BCUT2D eigenvalue weighted by Crippen LogP contribution is -2.44. The molecule has 0 amide bonds. The van der Waals surface area contributed by atoms with Gasteiger partial charge in [0.05, 0.1) is 13.1 Å². The number of aromatic nitrogens is 2. The summed E-state index contributed by atoms with van der Waals surface area (Å²) in [5.41, 5.74) is 6.38. The first-order valence-electron chi connectivity index (χ1n) is 9.02. The van der Waals surface area contributed by atoms with Gasteiger partial charge in [0.15, 0.2) is 5.78 Å². The first-order chi connectivity index (χ1) is 13.5. The standard InChI is InChI=1S/C21H22N4O3/c1-2-24-20(27)18(17(26)13-23-16-11-7-4-8-12-16)19(22)25(21(24)28)14-15-9-5-3-6-10-15/h3-12,23H,2,13-14,22H2,1H3. The number of carbonyl (C=O) groups excluding carboxylic acids is 1. The van der Waals surface area contributed by atoms with Crippen LogP contribution in [0.4, 0.5) is 11.5 Å². The summed E-state index contributed by atoms with van der Waals surface area (Å²) in [4.78, 5) is 38.2. The van der Waals surface area contributed by atoms with Crippen LogP contribution < -0.4 is 22.3 Å². The highest BCUT2D eigenvalue weighted by molar-refractivity contribution is 6.02. The number of Topliss-reactive ketones (excluding diaryl/α,β-unsaturated/α-hetero) is 1. The maximum atomic E-state index is 12.8. The Morgan fingerprint density at radius 3 is 2.18 bits per heavy atom. The second-order valence-corrected chi connectivity index (χ2v) is 6.31. The molecule has 0 atom stereocenters. The van der Waals surface area contributed by atoms with E-state index in [9.17, 15) is 14.4 Å². The quantitative estimate of drug-likeness (QED) is 0.612. The van der Waals surface area contributed by atoms with Crippen LogP contribution in [0.25, 0.3) is 0 Å². The minimum atomic E-state index is -0.658. The molecule has 0 unspecified atom stereocenters. The lowest BCUT2D eigenvalue weighted by molar-refractivity contribution is 0.100. The molecule has 7 nitrogen and oxygen atoms in total. The second-order valence-electron chi connectivity index (χ2n) is 6.31. The van der Waals surface area contributed by atoms with Crippen molar-refractivity contribution in [3.63, 3.8) is 0 Å². The zero-order valence-electron chi connectivity index (χ0n) is 15.6. The van der Waals surface area contributed by atoms with Crippen LogP contribution in [0.2, 0.25) is 0 Å². The van der Waals surface area contributed by atoms with Crippen molar-refractivity contribution in [3.8, 4) is 0 Å². The van der Waals surface area contributed by atoms with Crippen LogP contribution in [0.5, 0.6) is 0 Å². The smallest absolute Gasteiger partial charge is 0.332 e. The Bertz CT molecular complexity index is 1090. The molecule has 0 fully saturated rings. The molecule has 0 bridgehead atoms. The Labute approximate surface area is 162 Å². The molecule has 0 spiro atoms. The molecule has 0 radical (unpaired) electrons. The van der Waals surface area contributed by atoms with Crippen molar-refractivity contribution in [2.24, 2.45) is 0 Å². The monoisotopic (exact) mass is 378 g/mol. The Kier molecular flexibility index (Phi) is 5.74. The maximum Gasteiger partial charge on any atom is 0.332 e. The number of para-hydroxylation sites is 1. The number of nitrogens with zero attached hydrogens (tertiary/aromatic N) is 2. The molecule has 0 saturated heterocycles. The van der Waals surface area contributed by atoms with Crippen LogP contribution in [-0.2, 0) is 13.1 Å². The van der Waals surface area contributed by atoms with Crippen LogP contribution >= 0.6 is 0 Å². The molecule has 3 N–H and O–H groups in total. The molecule has 2 aromatic carbocycles. The largest absolute Gasteiger partial charge is 0.384 e. The molecule has 3 aromatic rings. The Hall–Kier alpha value is -3.61. The lowest BCUT2D eigenvalue weighted by atomic mass is 10.1. The highest BCUT2D eigenvalue weighted by atomic mass is 16.2. The molecule has 0 saturated carbocycles. The number of carbonyl (C=O) groups is 1. The summed E-state index contributed by atoms with van der Waals surface area (Å²) in [6.45, 7) is 1.91. The fraction of sp³-hybridized carbons (Fsp3) is 0.190. The first kappa shape index (κ1) is 19.2. The third-order valence-corrected chi connectivity index (χ3v) is 4.47. The van der Waals surface area contributed by atoms with Crippen LogP contribution in [-0.4, -0.2) is 21.5 Å². The van der Waals surface area contributed by atoms with E-state index in [0.717, 1.165) is 15.8 Å². The van der Waals surface area contributed by atoms with E-state index in [4.69, 9.17) is 5.73 Å². The summed E-state index contributed by atoms with van der Waals surface area (Å²) < 4.78 is 2.31. The van der Waals surface area contributed by atoms with Gasteiger partial charge in [-0.1, -0.05) is 48.5 Å². The van der Waals surface area contributed by atoms with Gasteiger partial charge in [0, 0.05) is 12.2 Å². The molecule has 7 heteroatoms. The van der Waals surface area contributed by atoms with Gasteiger partial charge in [0.1, 0.15) is 11.4 Å². The van der Waals surface area contributed by atoms with Crippen molar-refractivity contribution in [2.45, 2.75) is 20.0 Å². The van der Waals surface area contributed by atoms with E-state index in [-0.39, 0.29) is 31.0 Å². The van der Waals surface area contributed by atoms with Crippen molar-refractivity contribution in [1.82, 2.24) is 9.13 Å². The summed E-state index contributed by atoms with van der Waals surface area (Å²) in [5.74, 6) is -0.571. The van der Waals surface area contributed by atoms with Crippen molar-refractivity contribution in [1.29, 1.82) is 0 Å². The fourth-order valence-corrected chi connectivity index (χ4v) is 3.00. The maximum absolute atomic E-state index is 12.8. The average molecular weight is 378 g/mol. The van der Waals surface area contributed by atoms with Gasteiger partial charge in [-0.2, -0.15) is 0 Å². The normalized spacial score (nSPS) is 10.6. The molecule has 1 heterocycles. The number of nitrogen functional groups attached to an aromatic ring is 1. The minimum Gasteiger partial charge on any atom is -0.384 e. The highest BCUT2D eigenvalue weighted by Gasteiger charge is 2.22. The van der Waals surface area contributed by atoms with Gasteiger partial charge in [-0.15, -0.1) is 0 Å². The Morgan fingerprint density at radius 1 is 0.964 bits per heavy atom. The second kappa shape index (κ2) is 8.39. The fourth-order valence-electron chi connectivity index (χ4n) is 3.00. The number of nitrogens with one attached hydrogen (secondary N) is 1. The van der Waals surface area contributed by atoms with E-state index < -0.39 is 17.0 Å². The highest BCUT2D eigenvalue weighted by Crippen LogP contribution is 2.11. The molecule has 0 aliphatic heterocycles. The summed E-state index contributed by atoms with van der Waals surface area (Å²) in [7, 11) is 0. The van der Waals surface area contributed by atoms with Gasteiger partial charge in [0.25, 0.3) is 5.56 Å². The topological polar surface area (TPSA) is 99.1 Å². The van der Waals surface area contributed by atoms with Crippen molar-refractivity contribution in [2.75, 3.05) is 17.6 Å². The number of benzene rings is 2. The SMILES string of the molecule is CCn1c(=O)c(C(=O)CNc2ccccc2)c(N)n(Cc2ccccc2)c1=O. The third kappa shape index (κ3) is 3.88. The summed E-state index contributed by atoms with van der Waals surface area (Å²) >= 11 is 0. The number of anilines is 2. The summed E-state index contributed by atoms with van der Waals surface area (Å²) in [5, 5.41) is 2.98. The van der Waals surface area contributed by atoms with Crippen LogP contribution in [0.1, 0.15) is 22.8 Å². The molecule has 144 valence electrons. The minimum absolute atomic E-state index is 0.100. The molecule has 0 aliphatic carbocycles. The molecular formula is C21H22N4O3. The van der Waals surface area contributed by atoms with Gasteiger partial charge >= 0.3 is 5.69 Å². The van der Waals surface area contributed by atoms with E-state index in [1.807, 2.05) is 60.7 Å². The van der Waals surface area contributed by atoms with E-state index in [1.54, 1.807) is 6.92 Å². The molecule has 28 heavy (non-hydrogen) atoms. The summed E-state index contributed by atoms with van der Waals surface area (Å²) in [6.07, 6.45) is 0.